The fourth-order valence-electron chi connectivity index (χ4n) is 2.57. The molecule has 1 saturated heterocycles. The number of nitrogens with zero attached hydrogens (tertiary/aromatic N) is 1. The third-order valence-corrected chi connectivity index (χ3v) is 4.94. The first-order valence-electron chi connectivity index (χ1n) is 7.92. The Hall–Kier alpha value is -1.40. The van der Waals surface area contributed by atoms with E-state index in [4.69, 9.17) is 14.2 Å². The number of thioether (sulfide) groups is 1. The highest BCUT2D eigenvalue weighted by molar-refractivity contribution is 8.00. The standard InChI is InChI=1S/C17H25NO4S/c1-4-9-22-10-5-8-18-16(19)12-23-17(18)14-11-13(20-2)6-7-15(14)21-3/h6-7,11,17H,4-5,8-10,12H2,1-3H3. The zero-order chi connectivity index (χ0) is 16.7. The molecule has 1 unspecified atom stereocenters. The van der Waals surface area contributed by atoms with E-state index in [0.29, 0.717) is 18.9 Å². The maximum Gasteiger partial charge on any atom is 0.233 e. The molecule has 1 aromatic carbocycles. The fourth-order valence-corrected chi connectivity index (χ4v) is 3.80. The summed E-state index contributed by atoms with van der Waals surface area (Å²) < 4.78 is 16.3. The number of hydrogen-bond acceptors (Lipinski definition) is 5. The third-order valence-electron chi connectivity index (χ3n) is 3.71. The van der Waals surface area contributed by atoms with Gasteiger partial charge in [-0.15, -0.1) is 11.8 Å². The third kappa shape index (κ3) is 4.54. The van der Waals surface area contributed by atoms with Gasteiger partial charge in [-0.05, 0) is 31.0 Å². The van der Waals surface area contributed by atoms with E-state index < -0.39 is 0 Å². The number of hydrogen-bond donors (Lipinski definition) is 0. The van der Waals surface area contributed by atoms with Crippen molar-refractivity contribution in [3.05, 3.63) is 23.8 Å². The van der Waals surface area contributed by atoms with Gasteiger partial charge in [0.05, 0.1) is 20.0 Å². The van der Waals surface area contributed by atoms with Crippen LogP contribution < -0.4 is 9.47 Å². The van der Waals surface area contributed by atoms with Crippen LogP contribution in [0.3, 0.4) is 0 Å². The number of rotatable bonds is 9. The van der Waals surface area contributed by atoms with Gasteiger partial charge in [0, 0.05) is 25.3 Å². The second kappa shape index (κ2) is 9.03. The molecule has 0 radical (unpaired) electrons. The second-order valence-corrected chi connectivity index (χ2v) is 6.39. The average Bonchev–Trinajstić information content (AvgIpc) is 2.94. The Morgan fingerprint density at radius 1 is 1.26 bits per heavy atom. The van der Waals surface area contributed by atoms with Crippen LogP contribution in [-0.4, -0.2) is 50.5 Å². The van der Waals surface area contributed by atoms with Gasteiger partial charge in [0.1, 0.15) is 16.9 Å². The SMILES string of the molecule is CCCOCCCN1C(=O)CSC1c1cc(OC)ccc1OC. The minimum Gasteiger partial charge on any atom is -0.497 e. The summed E-state index contributed by atoms with van der Waals surface area (Å²) in [5.74, 6) is 2.22. The van der Waals surface area contributed by atoms with Crippen molar-refractivity contribution in [2.24, 2.45) is 0 Å². The molecule has 0 N–H and O–H groups in total. The molecular weight excluding hydrogens is 314 g/mol. The summed E-state index contributed by atoms with van der Waals surface area (Å²) in [6, 6.07) is 5.71. The molecule has 1 aliphatic rings. The summed E-state index contributed by atoms with van der Waals surface area (Å²) >= 11 is 1.63. The van der Waals surface area contributed by atoms with Crippen LogP contribution >= 0.6 is 11.8 Å². The molecule has 0 saturated carbocycles. The molecule has 1 fully saturated rings. The van der Waals surface area contributed by atoms with E-state index in [9.17, 15) is 4.79 Å². The maximum atomic E-state index is 12.2. The summed E-state index contributed by atoms with van der Waals surface area (Å²) in [5, 5.41) is -0.0290. The van der Waals surface area contributed by atoms with Crippen molar-refractivity contribution >= 4 is 17.7 Å². The molecule has 0 aliphatic carbocycles. The van der Waals surface area contributed by atoms with Gasteiger partial charge in [-0.1, -0.05) is 6.92 Å². The van der Waals surface area contributed by atoms with Crippen LogP contribution in [0.15, 0.2) is 18.2 Å². The molecule has 5 nitrogen and oxygen atoms in total. The maximum absolute atomic E-state index is 12.2. The van der Waals surface area contributed by atoms with Crippen molar-refractivity contribution in [1.82, 2.24) is 4.90 Å². The number of ether oxygens (including phenoxy) is 3. The van der Waals surface area contributed by atoms with Crippen LogP contribution in [0, 0.1) is 0 Å². The highest BCUT2D eigenvalue weighted by Gasteiger charge is 2.34. The van der Waals surface area contributed by atoms with Crippen LogP contribution in [0.5, 0.6) is 11.5 Å². The quantitative estimate of drug-likeness (QED) is 0.647. The Balaban J connectivity index is 2.09. The molecule has 1 aromatic rings. The van der Waals surface area contributed by atoms with Crippen LogP contribution in [0.2, 0.25) is 0 Å². The van der Waals surface area contributed by atoms with Crippen molar-refractivity contribution in [3.63, 3.8) is 0 Å². The summed E-state index contributed by atoms with van der Waals surface area (Å²) in [4.78, 5) is 14.1. The molecule has 1 atom stereocenters. The van der Waals surface area contributed by atoms with Gasteiger partial charge in [0.2, 0.25) is 5.91 Å². The van der Waals surface area contributed by atoms with Crippen LogP contribution in [0.4, 0.5) is 0 Å². The van der Waals surface area contributed by atoms with Gasteiger partial charge in [-0.3, -0.25) is 4.79 Å². The number of benzene rings is 1. The van der Waals surface area contributed by atoms with Crippen molar-refractivity contribution in [3.8, 4) is 11.5 Å². The molecule has 6 heteroatoms. The van der Waals surface area contributed by atoms with Crippen molar-refractivity contribution in [2.75, 3.05) is 39.7 Å². The molecule has 1 heterocycles. The van der Waals surface area contributed by atoms with E-state index in [-0.39, 0.29) is 11.3 Å². The lowest BCUT2D eigenvalue weighted by Crippen LogP contribution is -2.30. The van der Waals surface area contributed by atoms with E-state index in [1.54, 1.807) is 26.0 Å². The first-order valence-corrected chi connectivity index (χ1v) is 8.96. The van der Waals surface area contributed by atoms with E-state index in [1.807, 2.05) is 23.1 Å². The van der Waals surface area contributed by atoms with Gasteiger partial charge >= 0.3 is 0 Å². The Morgan fingerprint density at radius 2 is 2.09 bits per heavy atom. The van der Waals surface area contributed by atoms with Crippen LogP contribution in [0.25, 0.3) is 0 Å². The van der Waals surface area contributed by atoms with Crippen molar-refractivity contribution in [1.29, 1.82) is 0 Å². The Labute approximate surface area is 142 Å². The fraction of sp³-hybridized carbons (Fsp3) is 0.588. The van der Waals surface area contributed by atoms with E-state index >= 15 is 0 Å². The van der Waals surface area contributed by atoms with Crippen LogP contribution in [0.1, 0.15) is 30.7 Å². The minimum absolute atomic E-state index is 0.0290. The average molecular weight is 339 g/mol. The van der Waals surface area contributed by atoms with Gasteiger partial charge in [-0.2, -0.15) is 0 Å². The topological polar surface area (TPSA) is 48.0 Å². The highest BCUT2D eigenvalue weighted by atomic mass is 32.2. The monoisotopic (exact) mass is 339 g/mol. The highest BCUT2D eigenvalue weighted by Crippen LogP contribution is 2.43. The number of methoxy groups -OCH3 is 2. The summed E-state index contributed by atoms with van der Waals surface area (Å²) in [7, 11) is 3.29. The summed E-state index contributed by atoms with van der Waals surface area (Å²) in [6.07, 6.45) is 1.86. The van der Waals surface area contributed by atoms with Gasteiger partial charge in [0.15, 0.2) is 0 Å². The minimum atomic E-state index is -0.0290. The molecule has 128 valence electrons. The lowest BCUT2D eigenvalue weighted by Gasteiger charge is -2.25. The van der Waals surface area contributed by atoms with E-state index in [2.05, 4.69) is 6.92 Å². The van der Waals surface area contributed by atoms with Gasteiger partial charge < -0.3 is 19.1 Å². The van der Waals surface area contributed by atoms with Gasteiger partial charge in [-0.25, -0.2) is 0 Å². The van der Waals surface area contributed by atoms with Crippen LogP contribution in [-0.2, 0) is 9.53 Å². The van der Waals surface area contributed by atoms with Crippen molar-refractivity contribution in [2.45, 2.75) is 25.1 Å². The molecule has 1 aliphatic heterocycles. The Morgan fingerprint density at radius 3 is 2.78 bits per heavy atom. The number of amides is 1. The van der Waals surface area contributed by atoms with Gasteiger partial charge in [0.25, 0.3) is 0 Å². The van der Waals surface area contributed by atoms with Crippen molar-refractivity contribution < 1.29 is 19.0 Å². The second-order valence-electron chi connectivity index (χ2n) is 5.32. The predicted octanol–water partition coefficient (Wildman–Crippen LogP) is 3.09. The molecule has 2 rings (SSSR count). The Kier molecular flexibility index (Phi) is 7.05. The lowest BCUT2D eigenvalue weighted by molar-refractivity contribution is -0.128. The molecule has 0 bridgehead atoms. The van der Waals surface area contributed by atoms with E-state index in [1.165, 1.54) is 0 Å². The lowest BCUT2D eigenvalue weighted by atomic mass is 10.1. The number of carbonyl (C=O) groups is 1. The predicted molar refractivity (Wildman–Crippen MR) is 92.2 cm³/mol. The zero-order valence-electron chi connectivity index (χ0n) is 14.0. The molecule has 23 heavy (non-hydrogen) atoms. The zero-order valence-corrected chi connectivity index (χ0v) is 14.9. The molecule has 0 spiro atoms. The molecule has 1 amide bonds. The summed E-state index contributed by atoms with van der Waals surface area (Å²) in [6.45, 7) is 4.24. The Bertz CT molecular complexity index is 523. The molecular formula is C17H25NO4S. The first-order chi connectivity index (χ1) is 11.2. The van der Waals surface area contributed by atoms with E-state index in [0.717, 1.165) is 36.5 Å². The number of carbonyl (C=O) groups excluding carboxylic acids is 1. The summed E-state index contributed by atoms with van der Waals surface area (Å²) in [5.41, 5.74) is 0.983. The molecule has 0 aromatic heterocycles. The smallest absolute Gasteiger partial charge is 0.233 e. The largest absolute Gasteiger partial charge is 0.497 e. The normalized spacial score (nSPS) is 17.6. The first kappa shape index (κ1) is 17.9.